The second kappa shape index (κ2) is 23.8. The van der Waals surface area contributed by atoms with Gasteiger partial charge in [-0.15, -0.1) is 0 Å². The normalized spacial score (nSPS) is 21.6. The maximum Gasteiger partial charge on any atom is 1.00 e. The van der Waals surface area contributed by atoms with Crippen molar-refractivity contribution >= 4 is 75.1 Å². The monoisotopic (exact) mass is 955 g/mol. The molecule has 3 rings (SSSR count). The van der Waals surface area contributed by atoms with Gasteiger partial charge in [0.15, 0.2) is 28.4 Å². The Morgan fingerprint density at radius 2 is 1.67 bits per heavy atom. The molecule has 0 spiro atoms. The van der Waals surface area contributed by atoms with Crippen LogP contribution < -0.4 is 85.3 Å². The fourth-order valence-corrected chi connectivity index (χ4v) is 8.30. The zero-order chi connectivity index (χ0) is 43.9. The van der Waals surface area contributed by atoms with E-state index in [0.717, 1.165) is 35.9 Å². The van der Waals surface area contributed by atoms with Crippen LogP contribution in [0.15, 0.2) is 12.7 Å². The number of fused-ring (bicyclic) bond motifs is 1. The molecule has 33 heteroatoms. The number of ether oxygens (including phenoxy) is 1. The van der Waals surface area contributed by atoms with Crippen LogP contribution in [0.3, 0.4) is 0 Å². The van der Waals surface area contributed by atoms with Crippen LogP contribution in [0.1, 0.15) is 46.3 Å². The number of carboxylic acids is 1. The number of thioether (sulfide) groups is 1. The van der Waals surface area contributed by atoms with Gasteiger partial charge in [0.1, 0.15) is 36.3 Å². The van der Waals surface area contributed by atoms with Crippen LogP contribution in [0.4, 0.5) is 5.82 Å². The minimum atomic E-state index is -5.84. The van der Waals surface area contributed by atoms with Crippen molar-refractivity contribution in [1.29, 1.82) is 0 Å². The van der Waals surface area contributed by atoms with Gasteiger partial charge in [-0.3, -0.25) is 28.0 Å². The zero-order valence-electron chi connectivity index (χ0n) is 32.7. The number of phosphoric acid groups is 3. The number of hydrogen-bond donors (Lipinski definition) is 9. The SMILES string of the molecule is CC(O)(CCC(=O)SCCNC(=O)CCNC(=O)C(O)C(C)(C)COP(=O)(O)OP(=O)(O)OCC1OC(n2cnc3c(N)ncnc32)C(O)C1OP(=O)([O-])[O-])C(=O)O.[Na+].[Na+]. The third-order valence-corrected chi connectivity index (χ3v) is 12.1. The van der Waals surface area contributed by atoms with Gasteiger partial charge in [-0.1, -0.05) is 25.6 Å². The van der Waals surface area contributed by atoms with Gasteiger partial charge >= 0.3 is 80.7 Å². The summed E-state index contributed by atoms with van der Waals surface area (Å²) < 4.78 is 61.3. The number of carbonyl (C=O) groups is 4. The maximum absolute atomic E-state index is 12.6. The molecule has 2 aromatic rings. The topological polar surface area (TPSA) is 427 Å². The van der Waals surface area contributed by atoms with Gasteiger partial charge in [-0.2, -0.15) is 4.31 Å². The Morgan fingerprint density at radius 3 is 2.28 bits per heavy atom. The van der Waals surface area contributed by atoms with E-state index >= 15 is 0 Å². The van der Waals surface area contributed by atoms with E-state index in [4.69, 9.17) is 20.1 Å². The molecule has 0 aliphatic carbocycles. The van der Waals surface area contributed by atoms with Crippen LogP contribution >= 0.6 is 35.2 Å². The third-order valence-electron chi connectivity index (χ3n) is 8.03. The van der Waals surface area contributed by atoms with Crippen LogP contribution in [0, 0.1) is 5.41 Å². The summed E-state index contributed by atoms with van der Waals surface area (Å²) >= 11 is 0.815. The standard InChI is InChI=1S/C27H44N7O20P3S.2Na/c1-26(2,20(38)23(39)30-7-5-15(35)29-8-9-58-16(36)4-6-27(3,42)25(40)41)11-51-57(48,49)54-56(46,47)50-10-14-19(53-55(43,44)45)18(37)24(52-14)34-13-33-17-21(28)31-12-32-22(17)34;;/h12-14,18-20,24,37-38,42H,4-11H2,1-3H3,(H,29,35)(H,30,39)(H,40,41)(H,46,47)(H,48,49)(H2,28,31,32)(H2,43,44,45);;/q;2*+1/p-2. The average Bonchev–Trinajstić information content (AvgIpc) is 3.67. The van der Waals surface area contributed by atoms with E-state index in [-0.39, 0.29) is 114 Å². The molecule has 2 aromatic heterocycles. The molecular weight excluding hydrogens is 913 g/mol. The van der Waals surface area contributed by atoms with Gasteiger partial charge in [0.2, 0.25) is 11.8 Å². The molecule has 0 bridgehead atoms. The molecule has 0 aromatic carbocycles. The number of rotatable bonds is 23. The molecular formula is C27H42N7Na2O20P3S. The number of hydrogen-bond acceptors (Lipinski definition) is 22. The van der Waals surface area contributed by atoms with Crippen LogP contribution in [-0.4, -0.2) is 135 Å². The van der Waals surface area contributed by atoms with E-state index in [0.29, 0.717) is 0 Å². The van der Waals surface area contributed by atoms with Gasteiger partial charge in [0, 0.05) is 37.1 Å². The fourth-order valence-electron chi connectivity index (χ4n) is 4.81. The number of carboxylic acid groups (broad SMARTS) is 1. The first-order valence-electron chi connectivity index (χ1n) is 16.6. The van der Waals surface area contributed by atoms with Crippen LogP contribution in [-0.2, 0) is 55.5 Å². The molecule has 2 amide bonds. The van der Waals surface area contributed by atoms with E-state index in [2.05, 4.69) is 38.9 Å². The van der Waals surface area contributed by atoms with Crippen molar-refractivity contribution in [3.8, 4) is 0 Å². The van der Waals surface area contributed by atoms with Crippen LogP contribution in [0.2, 0.25) is 0 Å². The minimum Gasteiger partial charge on any atom is -0.790 e. The van der Waals surface area contributed by atoms with Gasteiger partial charge < -0.3 is 70.2 Å². The average molecular weight is 956 g/mol. The summed E-state index contributed by atoms with van der Waals surface area (Å²) in [5.41, 5.74) is 2.04. The molecule has 0 radical (unpaired) electrons. The van der Waals surface area contributed by atoms with Gasteiger partial charge in [0.05, 0.1) is 27.4 Å². The number of nitrogens with zero attached hydrogens (tertiary/aromatic N) is 4. The van der Waals surface area contributed by atoms with Crippen molar-refractivity contribution in [1.82, 2.24) is 30.2 Å². The summed E-state index contributed by atoms with van der Waals surface area (Å²) in [6.45, 7) is 1.07. The van der Waals surface area contributed by atoms with Crippen molar-refractivity contribution in [2.45, 2.75) is 76.3 Å². The van der Waals surface area contributed by atoms with Crippen molar-refractivity contribution < 1.29 is 155 Å². The smallest absolute Gasteiger partial charge is 0.790 e. The number of imidazole rings is 1. The summed E-state index contributed by atoms with van der Waals surface area (Å²) in [5.74, 6) is -3.00. The second-order valence-electron chi connectivity index (χ2n) is 13.3. The van der Waals surface area contributed by atoms with Crippen molar-refractivity contribution in [2.24, 2.45) is 5.41 Å². The van der Waals surface area contributed by atoms with E-state index in [1.165, 1.54) is 13.8 Å². The largest absolute Gasteiger partial charge is 1.00 e. The molecule has 1 saturated heterocycles. The molecule has 1 fully saturated rings. The van der Waals surface area contributed by atoms with Gasteiger partial charge in [-0.25, -0.2) is 28.9 Å². The van der Waals surface area contributed by atoms with Crippen molar-refractivity contribution in [3.05, 3.63) is 12.7 Å². The molecule has 8 unspecified atom stereocenters. The molecule has 60 heavy (non-hydrogen) atoms. The second-order valence-corrected chi connectivity index (χ2v) is 18.6. The molecule has 27 nitrogen and oxygen atoms in total. The number of nitrogens with two attached hydrogens (primary N) is 1. The number of nitrogens with one attached hydrogen (secondary N) is 2. The van der Waals surface area contributed by atoms with Gasteiger partial charge in [0.25, 0.3) is 0 Å². The van der Waals surface area contributed by atoms with E-state index in [9.17, 15) is 67.8 Å². The quantitative estimate of drug-likeness (QED) is 0.0284. The van der Waals surface area contributed by atoms with E-state index in [1.54, 1.807) is 0 Å². The number of carbonyl (C=O) groups excluding carboxylic acids is 3. The Morgan fingerprint density at radius 1 is 1.03 bits per heavy atom. The predicted octanol–water partition coefficient (Wildman–Crippen LogP) is -8.98. The number of amides is 2. The Balaban J connectivity index is 0.00000900. The minimum absolute atomic E-state index is 0. The number of nitrogen functional groups attached to an aromatic ring is 1. The Labute approximate surface area is 389 Å². The molecule has 0 saturated carbocycles. The first-order valence-corrected chi connectivity index (χ1v) is 22.1. The van der Waals surface area contributed by atoms with Crippen molar-refractivity contribution in [2.75, 3.05) is 37.8 Å². The number of aliphatic hydroxyl groups excluding tert-OH is 2. The zero-order valence-corrected chi connectivity index (χ0v) is 40.2. The molecule has 328 valence electrons. The van der Waals surface area contributed by atoms with E-state index in [1.807, 2.05) is 0 Å². The summed E-state index contributed by atoms with van der Waals surface area (Å²) in [6, 6.07) is 0. The van der Waals surface area contributed by atoms with E-state index < -0.39 is 101 Å². The Kier molecular flexibility index (Phi) is 22.6. The summed E-state index contributed by atoms with van der Waals surface area (Å²) in [4.78, 5) is 102. The number of aromatic nitrogens is 4. The predicted molar refractivity (Wildman–Crippen MR) is 190 cm³/mol. The van der Waals surface area contributed by atoms with Crippen molar-refractivity contribution in [3.63, 3.8) is 0 Å². The van der Waals surface area contributed by atoms with Gasteiger partial charge in [-0.05, 0) is 13.3 Å². The molecule has 1 aliphatic heterocycles. The first kappa shape index (κ1) is 57.0. The molecule has 1 aliphatic rings. The summed E-state index contributed by atoms with van der Waals surface area (Å²) in [7, 11) is -17.0. The summed E-state index contributed by atoms with van der Waals surface area (Å²) in [5, 5.41) is 44.2. The molecule has 10 N–H and O–H groups in total. The third kappa shape index (κ3) is 17.5. The first-order chi connectivity index (χ1) is 26.6. The molecule has 8 atom stereocenters. The number of anilines is 1. The Bertz CT molecular complexity index is 1960. The number of aliphatic hydroxyl groups is 3. The summed E-state index contributed by atoms with van der Waals surface area (Å²) in [6.07, 6.45) is -8.08. The van der Waals surface area contributed by atoms with Crippen LogP contribution in [0.5, 0.6) is 0 Å². The van der Waals surface area contributed by atoms with Crippen LogP contribution in [0.25, 0.3) is 11.2 Å². The molecule has 3 heterocycles. The number of phosphoric ester groups is 3. The fraction of sp³-hybridized carbons (Fsp3) is 0.667. The maximum atomic E-state index is 12.6. The Hall–Kier alpha value is -1.01. The number of aliphatic carboxylic acids is 1.